The molecule has 1 fully saturated rings. The van der Waals surface area contributed by atoms with Crippen LogP contribution in [0.2, 0.25) is 0 Å². The number of hydrogen-bond donors (Lipinski definition) is 1. The van der Waals surface area contributed by atoms with Gasteiger partial charge in [0.25, 0.3) is 5.91 Å². The minimum atomic E-state index is -0.172. The van der Waals surface area contributed by atoms with Gasteiger partial charge in [0.1, 0.15) is 0 Å². The van der Waals surface area contributed by atoms with Gasteiger partial charge in [-0.3, -0.25) is 14.4 Å². The number of carbonyl (C=O) groups excluding carboxylic acids is 3. The van der Waals surface area contributed by atoms with E-state index >= 15 is 0 Å². The van der Waals surface area contributed by atoms with Gasteiger partial charge in [0.15, 0.2) is 0 Å². The molecule has 0 spiro atoms. The summed E-state index contributed by atoms with van der Waals surface area (Å²) in [6.07, 6.45) is 1.97. The van der Waals surface area contributed by atoms with Crippen LogP contribution in [0, 0.1) is 6.92 Å². The van der Waals surface area contributed by atoms with Crippen LogP contribution in [0.5, 0.6) is 0 Å². The zero-order chi connectivity index (χ0) is 21.5. The quantitative estimate of drug-likeness (QED) is 0.827. The predicted molar refractivity (Wildman–Crippen MR) is 117 cm³/mol. The maximum absolute atomic E-state index is 12.9. The van der Waals surface area contributed by atoms with Crippen LogP contribution in [0.3, 0.4) is 0 Å². The number of benzene rings is 2. The molecule has 158 valence electrons. The smallest absolute Gasteiger partial charge is 0.253 e. The summed E-state index contributed by atoms with van der Waals surface area (Å²) in [5, 5.41) is 2.71. The normalized spacial score (nSPS) is 14.2. The summed E-state index contributed by atoms with van der Waals surface area (Å²) in [7, 11) is 0. The van der Waals surface area contributed by atoms with Crippen molar-refractivity contribution in [3.63, 3.8) is 0 Å². The van der Waals surface area contributed by atoms with E-state index in [1.165, 1.54) is 18.1 Å². The minimum absolute atomic E-state index is 0.0730. The molecule has 3 amide bonds. The topological polar surface area (TPSA) is 69.7 Å². The number of hydrogen-bond acceptors (Lipinski definition) is 3. The van der Waals surface area contributed by atoms with E-state index in [2.05, 4.69) is 36.5 Å². The van der Waals surface area contributed by atoms with Gasteiger partial charge in [0, 0.05) is 50.8 Å². The molecule has 0 radical (unpaired) electrons. The molecule has 1 aliphatic rings. The highest BCUT2D eigenvalue weighted by Gasteiger charge is 2.23. The van der Waals surface area contributed by atoms with Crippen LogP contribution in [0.25, 0.3) is 0 Å². The van der Waals surface area contributed by atoms with E-state index in [-0.39, 0.29) is 17.7 Å². The lowest BCUT2D eigenvalue weighted by atomic mass is 10.1. The average molecular weight is 408 g/mol. The molecule has 1 aliphatic heterocycles. The molecule has 0 atom stereocenters. The summed E-state index contributed by atoms with van der Waals surface area (Å²) in [4.78, 5) is 40.5. The Morgan fingerprint density at radius 3 is 2.37 bits per heavy atom. The molecule has 3 rings (SSSR count). The lowest BCUT2D eigenvalue weighted by Gasteiger charge is -2.22. The lowest BCUT2D eigenvalue weighted by molar-refractivity contribution is -0.131. The molecule has 2 aromatic carbocycles. The Kier molecular flexibility index (Phi) is 7.22. The summed E-state index contributed by atoms with van der Waals surface area (Å²) in [6, 6.07) is 15.2. The number of anilines is 1. The molecule has 0 saturated carbocycles. The molecule has 6 heteroatoms. The molecular formula is C24H29N3O3. The molecule has 1 heterocycles. The van der Waals surface area contributed by atoms with E-state index in [4.69, 9.17) is 0 Å². The Balaban J connectivity index is 1.55. The van der Waals surface area contributed by atoms with Crippen molar-refractivity contribution in [3.05, 3.63) is 65.2 Å². The second-order valence-electron chi connectivity index (χ2n) is 7.77. The van der Waals surface area contributed by atoms with E-state index in [1.54, 1.807) is 29.2 Å². The van der Waals surface area contributed by atoms with Gasteiger partial charge in [0.2, 0.25) is 11.8 Å². The third-order valence-electron chi connectivity index (χ3n) is 5.31. The second kappa shape index (κ2) is 10.1. The summed E-state index contributed by atoms with van der Waals surface area (Å²) >= 11 is 0. The Morgan fingerprint density at radius 2 is 1.63 bits per heavy atom. The fourth-order valence-electron chi connectivity index (χ4n) is 3.65. The average Bonchev–Trinajstić information content (AvgIpc) is 2.99. The summed E-state index contributed by atoms with van der Waals surface area (Å²) in [5.41, 5.74) is 3.53. The van der Waals surface area contributed by atoms with Gasteiger partial charge in [-0.25, -0.2) is 0 Å². The minimum Gasteiger partial charge on any atom is -0.341 e. The summed E-state index contributed by atoms with van der Waals surface area (Å²) in [5.74, 6) is -0.108. The Bertz CT molecular complexity index is 908. The van der Waals surface area contributed by atoms with Crippen molar-refractivity contribution in [2.75, 3.05) is 31.5 Å². The van der Waals surface area contributed by atoms with Crippen LogP contribution in [0.1, 0.15) is 41.3 Å². The number of nitrogens with zero attached hydrogens (tertiary/aromatic N) is 2. The standard InChI is InChI=1S/C24H29N3O3/c1-18-7-9-20(10-8-18)11-12-23(29)26-13-4-14-27(16-15-26)24(30)21-5-3-6-22(17-21)25-19(2)28/h3,5-10,17H,4,11-16H2,1-2H3,(H,25,28). The zero-order valence-corrected chi connectivity index (χ0v) is 17.7. The van der Waals surface area contributed by atoms with Crippen molar-refractivity contribution in [2.24, 2.45) is 0 Å². The Hall–Kier alpha value is -3.15. The van der Waals surface area contributed by atoms with Gasteiger partial charge < -0.3 is 15.1 Å². The molecule has 0 bridgehead atoms. The number of nitrogens with one attached hydrogen (secondary N) is 1. The van der Waals surface area contributed by atoms with E-state index in [0.717, 1.165) is 12.8 Å². The summed E-state index contributed by atoms with van der Waals surface area (Å²) < 4.78 is 0. The molecule has 0 aliphatic carbocycles. The van der Waals surface area contributed by atoms with Gasteiger partial charge in [-0.05, 0) is 43.5 Å². The Labute approximate surface area is 177 Å². The van der Waals surface area contributed by atoms with Crippen LogP contribution in [0.15, 0.2) is 48.5 Å². The van der Waals surface area contributed by atoms with Crippen molar-refractivity contribution in [1.29, 1.82) is 0 Å². The van der Waals surface area contributed by atoms with E-state index in [0.29, 0.717) is 43.9 Å². The summed E-state index contributed by atoms with van der Waals surface area (Å²) in [6.45, 7) is 5.83. The molecule has 30 heavy (non-hydrogen) atoms. The van der Waals surface area contributed by atoms with Gasteiger partial charge in [0.05, 0.1) is 0 Å². The molecule has 0 aromatic heterocycles. The maximum Gasteiger partial charge on any atom is 0.253 e. The van der Waals surface area contributed by atoms with Crippen molar-refractivity contribution < 1.29 is 14.4 Å². The van der Waals surface area contributed by atoms with E-state index < -0.39 is 0 Å². The molecule has 1 saturated heterocycles. The number of rotatable bonds is 5. The molecular weight excluding hydrogens is 378 g/mol. The van der Waals surface area contributed by atoms with E-state index in [1.807, 2.05) is 4.90 Å². The third-order valence-corrected chi connectivity index (χ3v) is 5.31. The maximum atomic E-state index is 12.9. The molecule has 0 unspecified atom stereocenters. The van der Waals surface area contributed by atoms with Crippen molar-refractivity contribution in [2.45, 2.75) is 33.1 Å². The molecule has 1 N–H and O–H groups in total. The lowest BCUT2D eigenvalue weighted by Crippen LogP contribution is -2.37. The van der Waals surface area contributed by atoms with Gasteiger partial charge in [-0.15, -0.1) is 0 Å². The predicted octanol–water partition coefficient (Wildman–Crippen LogP) is 3.26. The van der Waals surface area contributed by atoms with Gasteiger partial charge in [-0.1, -0.05) is 35.9 Å². The molecule has 2 aromatic rings. The van der Waals surface area contributed by atoms with Gasteiger partial charge in [-0.2, -0.15) is 0 Å². The largest absolute Gasteiger partial charge is 0.341 e. The van der Waals surface area contributed by atoms with E-state index in [9.17, 15) is 14.4 Å². The fourth-order valence-corrected chi connectivity index (χ4v) is 3.65. The first-order valence-electron chi connectivity index (χ1n) is 10.4. The highest BCUT2D eigenvalue weighted by molar-refractivity contribution is 5.96. The fraction of sp³-hybridized carbons (Fsp3) is 0.375. The third kappa shape index (κ3) is 5.92. The SMILES string of the molecule is CC(=O)Nc1cccc(C(=O)N2CCCN(C(=O)CCc3ccc(C)cc3)CC2)c1. The van der Waals surface area contributed by atoms with Crippen LogP contribution in [-0.4, -0.2) is 53.7 Å². The highest BCUT2D eigenvalue weighted by atomic mass is 16.2. The van der Waals surface area contributed by atoms with Crippen molar-refractivity contribution >= 4 is 23.4 Å². The van der Waals surface area contributed by atoms with Crippen LogP contribution < -0.4 is 5.32 Å². The van der Waals surface area contributed by atoms with Crippen molar-refractivity contribution in [3.8, 4) is 0 Å². The Morgan fingerprint density at radius 1 is 0.933 bits per heavy atom. The highest BCUT2D eigenvalue weighted by Crippen LogP contribution is 2.15. The number of aryl methyl sites for hydroxylation is 2. The van der Waals surface area contributed by atoms with Crippen molar-refractivity contribution in [1.82, 2.24) is 9.80 Å². The number of carbonyl (C=O) groups is 3. The van der Waals surface area contributed by atoms with Crippen LogP contribution in [-0.2, 0) is 16.0 Å². The monoisotopic (exact) mass is 407 g/mol. The second-order valence-corrected chi connectivity index (χ2v) is 7.77. The first-order valence-corrected chi connectivity index (χ1v) is 10.4. The van der Waals surface area contributed by atoms with Gasteiger partial charge >= 0.3 is 0 Å². The first kappa shape index (κ1) is 21.6. The number of amides is 3. The van der Waals surface area contributed by atoms with Crippen LogP contribution >= 0.6 is 0 Å². The van der Waals surface area contributed by atoms with Crippen LogP contribution in [0.4, 0.5) is 5.69 Å². The zero-order valence-electron chi connectivity index (χ0n) is 17.7. The first-order chi connectivity index (χ1) is 14.4. The molecule has 6 nitrogen and oxygen atoms in total.